The fourth-order valence-corrected chi connectivity index (χ4v) is 2.06. The van der Waals surface area contributed by atoms with Gasteiger partial charge in [0.05, 0.1) is 0 Å². The molecule has 0 bridgehead atoms. The lowest BCUT2D eigenvalue weighted by Gasteiger charge is -2.12. The lowest BCUT2D eigenvalue weighted by Crippen LogP contribution is -1.99. The first-order valence-electron chi connectivity index (χ1n) is 5.40. The first-order chi connectivity index (χ1) is 6.61. The van der Waals surface area contributed by atoms with Crippen LogP contribution in [0.1, 0.15) is 55.2 Å². The predicted octanol–water partition coefficient (Wildman–Crippen LogP) is 4.13. The molecule has 1 aromatic rings. The minimum atomic E-state index is 0.0405. The standard InChI is InChI=1S/C13H17F/c1-8(2)11-6-7-12(10-4-5-10)13(14)9(11)3/h6-8,10H,4-5H2,1-3H3. The number of rotatable bonds is 2. The second kappa shape index (κ2) is 3.38. The van der Waals surface area contributed by atoms with Crippen LogP contribution in [0.2, 0.25) is 0 Å². The summed E-state index contributed by atoms with van der Waals surface area (Å²) in [5.41, 5.74) is 2.93. The molecule has 0 N–H and O–H groups in total. The number of benzene rings is 1. The van der Waals surface area contributed by atoms with E-state index in [4.69, 9.17) is 0 Å². The maximum Gasteiger partial charge on any atom is 0.129 e. The van der Waals surface area contributed by atoms with E-state index in [9.17, 15) is 4.39 Å². The van der Waals surface area contributed by atoms with Crippen LogP contribution in [-0.2, 0) is 0 Å². The van der Waals surface area contributed by atoms with Gasteiger partial charge in [0.2, 0.25) is 0 Å². The molecule has 1 heteroatoms. The molecule has 2 rings (SSSR count). The topological polar surface area (TPSA) is 0 Å². The smallest absolute Gasteiger partial charge is 0.129 e. The molecule has 0 unspecified atom stereocenters. The average Bonchev–Trinajstić information content (AvgIpc) is 2.92. The highest BCUT2D eigenvalue weighted by Gasteiger charge is 2.27. The van der Waals surface area contributed by atoms with Gasteiger partial charge in [-0.3, -0.25) is 0 Å². The van der Waals surface area contributed by atoms with Crippen LogP contribution in [0.4, 0.5) is 4.39 Å². The molecular formula is C13H17F. The van der Waals surface area contributed by atoms with Crippen LogP contribution >= 0.6 is 0 Å². The van der Waals surface area contributed by atoms with Crippen LogP contribution in [-0.4, -0.2) is 0 Å². The Morgan fingerprint density at radius 3 is 2.43 bits per heavy atom. The van der Waals surface area contributed by atoms with E-state index in [-0.39, 0.29) is 5.82 Å². The maximum absolute atomic E-state index is 13.9. The van der Waals surface area contributed by atoms with Crippen molar-refractivity contribution in [2.24, 2.45) is 0 Å². The van der Waals surface area contributed by atoms with Gasteiger partial charge in [-0.25, -0.2) is 4.39 Å². The molecule has 0 atom stereocenters. The Labute approximate surface area is 85.1 Å². The lowest BCUT2D eigenvalue weighted by molar-refractivity contribution is 0.596. The average molecular weight is 192 g/mol. The molecule has 0 saturated heterocycles. The lowest BCUT2D eigenvalue weighted by atomic mass is 9.94. The van der Waals surface area contributed by atoms with Gasteiger partial charge < -0.3 is 0 Å². The monoisotopic (exact) mass is 192 g/mol. The van der Waals surface area contributed by atoms with Crippen molar-refractivity contribution in [3.63, 3.8) is 0 Å². The highest BCUT2D eigenvalue weighted by Crippen LogP contribution is 2.42. The summed E-state index contributed by atoms with van der Waals surface area (Å²) < 4.78 is 13.9. The molecule has 1 fully saturated rings. The highest BCUT2D eigenvalue weighted by molar-refractivity contribution is 5.37. The van der Waals surface area contributed by atoms with E-state index >= 15 is 0 Å². The fourth-order valence-electron chi connectivity index (χ4n) is 2.06. The largest absolute Gasteiger partial charge is 0.206 e. The molecule has 14 heavy (non-hydrogen) atoms. The Morgan fingerprint density at radius 2 is 1.93 bits per heavy atom. The Morgan fingerprint density at radius 1 is 1.29 bits per heavy atom. The second-order valence-corrected chi connectivity index (χ2v) is 4.61. The third kappa shape index (κ3) is 1.56. The second-order valence-electron chi connectivity index (χ2n) is 4.61. The zero-order valence-electron chi connectivity index (χ0n) is 9.10. The summed E-state index contributed by atoms with van der Waals surface area (Å²) in [6.07, 6.45) is 2.33. The Hall–Kier alpha value is -0.850. The first-order valence-corrected chi connectivity index (χ1v) is 5.40. The van der Waals surface area contributed by atoms with Crippen molar-refractivity contribution < 1.29 is 4.39 Å². The Balaban J connectivity index is 2.44. The van der Waals surface area contributed by atoms with Crippen molar-refractivity contribution >= 4 is 0 Å². The number of halogens is 1. The van der Waals surface area contributed by atoms with Gasteiger partial charge in [-0.2, -0.15) is 0 Å². The zero-order chi connectivity index (χ0) is 10.3. The van der Waals surface area contributed by atoms with Gasteiger partial charge in [0.25, 0.3) is 0 Å². The molecule has 0 heterocycles. The minimum absolute atomic E-state index is 0.0405. The van der Waals surface area contributed by atoms with Gasteiger partial charge in [0.15, 0.2) is 0 Å². The van der Waals surface area contributed by atoms with E-state index in [1.165, 1.54) is 0 Å². The summed E-state index contributed by atoms with van der Waals surface area (Å²) in [7, 11) is 0. The number of hydrogen-bond acceptors (Lipinski definition) is 0. The molecular weight excluding hydrogens is 175 g/mol. The molecule has 0 radical (unpaired) electrons. The third-order valence-electron chi connectivity index (χ3n) is 3.10. The molecule has 1 aliphatic rings. The Kier molecular flexibility index (Phi) is 2.34. The van der Waals surface area contributed by atoms with Gasteiger partial charge in [0.1, 0.15) is 5.82 Å². The molecule has 0 aliphatic heterocycles. The van der Waals surface area contributed by atoms with Crippen molar-refractivity contribution in [2.45, 2.75) is 45.4 Å². The summed E-state index contributed by atoms with van der Waals surface area (Å²) in [6, 6.07) is 4.08. The van der Waals surface area contributed by atoms with Gasteiger partial charge >= 0.3 is 0 Å². The molecule has 0 amide bonds. The van der Waals surface area contributed by atoms with E-state index < -0.39 is 0 Å². The highest BCUT2D eigenvalue weighted by atomic mass is 19.1. The van der Waals surface area contributed by atoms with Gasteiger partial charge in [-0.1, -0.05) is 26.0 Å². The molecule has 1 aliphatic carbocycles. The van der Waals surface area contributed by atoms with Crippen molar-refractivity contribution in [3.8, 4) is 0 Å². The summed E-state index contributed by atoms with van der Waals surface area (Å²) in [5, 5.41) is 0. The Bertz CT molecular complexity index is 321. The van der Waals surface area contributed by atoms with Crippen molar-refractivity contribution in [1.82, 2.24) is 0 Å². The first kappa shape index (κ1) is 9.70. The van der Waals surface area contributed by atoms with Gasteiger partial charge in [-0.05, 0) is 48.3 Å². The van der Waals surface area contributed by atoms with Crippen molar-refractivity contribution in [3.05, 3.63) is 34.6 Å². The van der Waals surface area contributed by atoms with E-state index in [0.717, 1.165) is 29.5 Å². The van der Waals surface area contributed by atoms with Gasteiger partial charge in [0, 0.05) is 0 Å². The SMILES string of the molecule is Cc1c(C(C)C)ccc(C2CC2)c1F. The third-order valence-corrected chi connectivity index (χ3v) is 3.10. The van der Waals surface area contributed by atoms with Crippen LogP contribution in [0.15, 0.2) is 12.1 Å². The van der Waals surface area contributed by atoms with E-state index in [0.29, 0.717) is 11.8 Å². The van der Waals surface area contributed by atoms with Crippen LogP contribution in [0.3, 0.4) is 0 Å². The van der Waals surface area contributed by atoms with E-state index in [2.05, 4.69) is 19.9 Å². The summed E-state index contributed by atoms with van der Waals surface area (Å²) >= 11 is 0. The van der Waals surface area contributed by atoms with Crippen LogP contribution in [0.25, 0.3) is 0 Å². The molecule has 76 valence electrons. The van der Waals surface area contributed by atoms with Gasteiger partial charge in [-0.15, -0.1) is 0 Å². The molecule has 0 spiro atoms. The summed E-state index contributed by atoms with van der Waals surface area (Å²) in [6.45, 7) is 6.12. The maximum atomic E-state index is 13.9. The van der Waals surface area contributed by atoms with E-state index in [1.54, 1.807) is 0 Å². The molecule has 1 saturated carbocycles. The van der Waals surface area contributed by atoms with Crippen LogP contribution < -0.4 is 0 Å². The minimum Gasteiger partial charge on any atom is -0.206 e. The predicted molar refractivity (Wildman–Crippen MR) is 57.2 cm³/mol. The quantitative estimate of drug-likeness (QED) is 0.660. The van der Waals surface area contributed by atoms with Crippen molar-refractivity contribution in [1.29, 1.82) is 0 Å². The van der Waals surface area contributed by atoms with Crippen LogP contribution in [0.5, 0.6) is 0 Å². The van der Waals surface area contributed by atoms with E-state index in [1.807, 2.05) is 13.0 Å². The normalized spacial score (nSPS) is 16.4. The van der Waals surface area contributed by atoms with Crippen LogP contribution in [0, 0.1) is 12.7 Å². The number of hydrogen-bond donors (Lipinski definition) is 0. The molecule has 0 aromatic heterocycles. The zero-order valence-corrected chi connectivity index (χ0v) is 9.10. The molecule has 0 nitrogen and oxygen atoms in total. The summed E-state index contributed by atoms with van der Waals surface area (Å²) in [4.78, 5) is 0. The fraction of sp³-hybridized carbons (Fsp3) is 0.538. The summed E-state index contributed by atoms with van der Waals surface area (Å²) in [5.74, 6) is 0.964. The molecule has 1 aromatic carbocycles. The van der Waals surface area contributed by atoms with Crippen molar-refractivity contribution in [2.75, 3.05) is 0 Å².